The summed E-state index contributed by atoms with van der Waals surface area (Å²) < 4.78 is 5.69. The van der Waals surface area contributed by atoms with Crippen LogP contribution in [-0.2, 0) is 0 Å². The molecule has 0 spiro atoms. The highest BCUT2D eigenvalue weighted by atomic mass is 35.5. The summed E-state index contributed by atoms with van der Waals surface area (Å²) in [4.78, 5) is 2.39. The number of nitrogens with zero attached hydrogens (tertiary/aromatic N) is 1. The molecule has 1 fully saturated rings. The van der Waals surface area contributed by atoms with E-state index in [4.69, 9.17) is 27.9 Å². The van der Waals surface area contributed by atoms with Gasteiger partial charge in [0.1, 0.15) is 6.61 Å². The van der Waals surface area contributed by atoms with Crippen molar-refractivity contribution in [2.45, 2.75) is 6.42 Å². The van der Waals surface area contributed by atoms with Gasteiger partial charge in [0.2, 0.25) is 0 Å². The minimum atomic E-state index is 0. The van der Waals surface area contributed by atoms with E-state index in [1.165, 1.54) is 6.42 Å². The van der Waals surface area contributed by atoms with Crippen LogP contribution in [0.5, 0.6) is 5.75 Å². The van der Waals surface area contributed by atoms with E-state index in [2.05, 4.69) is 10.2 Å². The third kappa shape index (κ3) is 5.36. The Morgan fingerprint density at radius 2 is 1.89 bits per heavy atom. The van der Waals surface area contributed by atoms with Crippen LogP contribution >= 0.6 is 35.6 Å². The second-order valence-corrected chi connectivity index (χ2v) is 5.16. The van der Waals surface area contributed by atoms with E-state index < -0.39 is 0 Å². The molecule has 0 atom stereocenters. The zero-order valence-electron chi connectivity index (χ0n) is 10.7. The molecular weight excluding hydrogens is 307 g/mol. The van der Waals surface area contributed by atoms with Crippen molar-refractivity contribution in [2.75, 3.05) is 39.3 Å². The SMILES string of the molecule is Cl.Clc1cccc(Cl)c1OCCN1CCCNCC1. The fourth-order valence-corrected chi connectivity index (χ4v) is 2.53. The lowest BCUT2D eigenvalue weighted by Crippen LogP contribution is -2.31. The minimum absolute atomic E-state index is 0. The van der Waals surface area contributed by atoms with E-state index >= 15 is 0 Å². The Morgan fingerprint density at radius 1 is 1.16 bits per heavy atom. The van der Waals surface area contributed by atoms with E-state index in [0.29, 0.717) is 22.4 Å². The number of para-hydroxylation sites is 1. The molecular formula is C13H19Cl3N2O. The maximum Gasteiger partial charge on any atom is 0.156 e. The summed E-state index contributed by atoms with van der Waals surface area (Å²) in [5.41, 5.74) is 0. The predicted molar refractivity (Wildman–Crippen MR) is 83.1 cm³/mol. The van der Waals surface area contributed by atoms with Gasteiger partial charge >= 0.3 is 0 Å². The summed E-state index contributed by atoms with van der Waals surface area (Å²) in [6, 6.07) is 5.40. The predicted octanol–water partition coefficient (Wildman–Crippen LogP) is 3.09. The van der Waals surface area contributed by atoms with Crippen molar-refractivity contribution in [1.29, 1.82) is 0 Å². The smallest absolute Gasteiger partial charge is 0.156 e. The molecule has 1 heterocycles. The molecule has 0 bridgehead atoms. The van der Waals surface area contributed by atoms with Crippen LogP contribution in [0.25, 0.3) is 0 Å². The molecule has 1 N–H and O–H groups in total. The number of rotatable bonds is 4. The highest BCUT2D eigenvalue weighted by molar-refractivity contribution is 6.37. The van der Waals surface area contributed by atoms with Gasteiger partial charge in [0.15, 0.2) is 5.75 Å². The van der Waals surface area contributed by atoms with Crippen molar-refractivity contribution in [3.63, 3.8) is 0 Å². The fraction of sp³-hybridized carbons (Fsp3) is 0.538. The lowest BCUT2D eigenvalue weighted by Gasteiger charge is -2.19. The lowest BCUT2D eigenvalue weighted by molar-refractivity contribution is 0.218. The summed E-state index contributed by atoms with van der Waals surface area (Å²) in [7, 11) is 0. The standard InChI is InChI=1S/C13H18Cl2N2O.ClH/c14-11-3-1-4-12(15)13(11)18-10-9-17-7-2-5-16-6-8-17;/h1,3-4,16H,2,5-10H2;1H. The highest BCUT2D eigenvalue weighted by Gasteiger charge is 2.10. The molecule has 0 radical (unpaired) electrons. The van der Waals surface area contributed by atoms with Gasteiger partial charge in [-0.1, -0.05) is 29.3 Å². The second-order valence-electron chi connectivity index (χ2n) is 4.34. The first-order valence-corrected chi connectivity index (χ1v) is 7.03. The topological polar surface area (TPSA) is 24.5 Å². The Hall–Kier alpha value is -0.190. The van der Waals surface area contributed by atoms with Gasteiger partial charge in [0, 0.05) is 19.6 Å². The molecule has 1 saturated heterocycles. The molecule has 19 heavy (non-hydrogen) atoms. The number of halogens is 3. The molecule has 108 valence electrons. The van der Waals surface area contributed by atoms with Gasteiger partial charge in [-0.3, -0.25) is 4.90 Å². The van der Waals surface area contributed by atoms with Crippen molar-refractivity contribution in [3.05, 3.63) is 28.2 Å². The monoisotopic (exact) mass is 324 g/mol. The maximum atomic E-state index is 6.04. The Kier molecular flexibility index (Phi) is 7.88. The van der Waals surface area contributed by atoms with Crippen LogP contribution in [0.15, 0.2) is 18.2 Å². The number of nitrogens with one attached hydrogen (secondary N) is 1. The van der Waals surface area contributed by atoms with Crippen molar-refractivity contribution >= 4 is 35.6 Å². The van der Waals surface area contributed by atoms with E-state index in [1.54, 1.807) is 12.1 Å². The Balaban J connectivity index is 0.00000180. The molecule has 1 aliphatic rings. The van der Waals surface area contributed by atoms with Crippen molar-refractivity contribution in [3.8, 4) is 5.75 Å². The maximum absolute atomic E-state index is 6.04. The highest BCUT2D eigenvalue weighted by Crippen LogP contribution is 2.32. The molecule has 0 aliphatic carbocycles. The van der Waals surface area contributed by atoms with Gasteiger partial charge in [0.25, 0.3) is 0 Å². The van der Waals surface area contributed by atoms with Crippen molar-refractivity contribution in [2.24, 2.45) is 0 Å². The fourth-order valence-electron chi connectivity index (χ4n) is 2.02. The Bertz CT molecular complexity index is 362. The van der Waals surface area contributed by atoms with Gasteiger partial charge in [0.05, 0.1) is 10.0 Å². The number of hydrogen-bond donors (Lipinski definition) is 1. The summed E-state index contributed by atoms with van der Waals surface area (Å²) in [5, 5.41) is 4.52. The molecule has 0 unspecified atom stereocenters. The van der Waals surface area contributed by atoms with E-state index in [-0.39, 0.29) is 12.4 Å². The van der Waals surface area contributed by atoms with Gasteiger partial charge in [-0.2, -0.15) is 0 Å². The average Bonchev–Trinajstić information content (AvgIpc) is 2.61. The summed E-state index contributed by atoms with van der Waals surface area (Å²) in [6.45, 7) is 5.86. The molecule has 1 aromatic rings. The van der Waals surface area contributed by atoms with Gasteiger partial charge in [-0.25, -0.2) is 0 Å². The Morgan fingerprint density at radius 3 is 2.63 bits per heavy atom. The van der Waals surface area contributed by atoms with Crippen LogP contribution in [0.4, 0.5) is 0 Å². The van der Waals surface area contributed by atoms with Crippen molar-refractivity contribution in [1.82, 2.24) is 10.2 Å². The largest absolute Gasteiger partial charge is 0.489 e. The van der Waals surface area contributed by atoms with Crippen LogP contribution in [-0.4, -0.2) is 44.2 Å². The van der Waals surface area contributed by atoms with Gasteiger partial charge < -0.3 is 10.1 Å². The minimum Gasteiger partial charge on any atom is -0.489 e. The van der Waals surface area contributed by atoms with E-state index in [1.807, 2.05) is 6.07 Å². The van der Waals surface area contributed by atoms with E-state index in [0.717, 1.165) is 32.7 Å². The third-order valence-corrected chi connectivity index (χ3v) is 3.60. The average molecular weight is 326 g/mol. The van der Waals surface area contributed by atoms with Crippen LogP contribution in [0.2, 0.25) is 10.0 Å². The normalized spacial score (nSPS) is 16.5. The molecule has 0 amide bonds. The Labute approximate surface area is 130 Å². The summed E-state index contributed by atoms with van der Waals surface area (Å²) in [5.74, 6) is 0.591. The second kappa shape index (κ2) is 8.88. The zero-order valence-corrected chi connectivity index (χ0v) is 13.0. The molecule has 1 aromatic carbocycles. The summed E-state index contributed by atoms with van der Waals surface area (Å²) in [6.07, 6.45) is 1.19. The van der Waals surface area contributed by atoms with E-state index in [9.17, 15) is 0 Å². The lowest BCUT2D eigenvalue weighted by atomic mass is 10.3. The van der Waals surface area contributed by atoms with Crippen molar-refractivity contribution < 1.29 is 4.74 Å². The van der Waals surface area contributed by atoms with Crippen LogP contribution in [0.1, 0.15) is 6.42 Å². The molecule has 0 saturated carbocycles. The molecule has 0 aromatic heterocycles. The van der Waals surface area contributed by atoms with Gasteiger partial charge in [-0.15, -0.1) is 12.4 Å². The molecule has 3 nitrogen and oxygen atoms in total. The molecule has 1 aliphatic heterocycles. The van der Waals surface area contributed by atoms with Gasteiger partial charge in [-0.05, 0) is 31.6 Å². The van der Waals surface area contributed by atoms with Crippen LogP contribution in [0, 0.1) is 0 Å². The third-order valence-electron chi connectivity index (χ3n) is 3.01. The first-order chi connectivity index (χ1) is 8.77. The zero-order chi connectivity index (χ0) is 12.8. The number of benzene rings is 1. The summed E-state index contributed by atoms with van der Waals surface area (Å²) >= 11 is 12.1. The number of hydrogen-bond acceptors (Lipinski definition) is 3. The van der Waals surface area contributed by atoms with Crippen LogP contribution < -0.4 is 10.1 Å². The van der Waals surface area contributed by atoms with Crippen LogP contribution in [0.3, 0.4) is 0 Å². The molecule has 2 rings (SSSR count). The quantitative estimate of drug-likeness (QED) is 0.920. The number of ether oxygens (including phenoxy) is 1. The molecule has 6 heteroatoms. The first kappa shape index (κ1) is 16.9. The first-order valence-electron chi connectivity index (χ1n) is 6.27.